The predicted molar refractivity (Wildman–Crippen MR) is 193 cm³/mol. The number of unbranched alkanes of at least 4 members (excludes halogenated alkanes) is 1. The van der Waals surface area contributed by atoms with E-state index in [1.54, 1.807) is 0 Å². The monoisotopic (exact) mass is 637 g/mol. The third-order valence-electron chi connectivity index (χ3n) is 8.99. The van der Waals surface area contributed by atoms with E-state index in [0.29, 0.717) is 25.7 Å². The Morgan fingerprint density at radius 1 is 1.00 bits per heavy atom. The van der Waals surface area contributed by atoms with Crippen LogP contribution in [0.5, 0.6) is 5.75 Å². The van der Waals surface area contributed by atoms with E-state index in [4.69, 9.17) is 14.2 Å². The fraction of sp³-hybridized carbons (Fsp3) is 0.425. The van der Waals surface area contributed by atoms with Crippen LogP contribution in [0, 0.1) is 0 Å². The molecule has 0 unspecified atom stereocenters. The Kier molecular flexibility index (Phi) is 13.1. The van der Waals surface area contributed by atoms with Gasteiger partial charge in [-0.05, 0) is 104 Å². The van der Waals surface area contributed by atoms with Crippen molar-refractivity contribution < 1.29 is 19.0 Å². The molecule has 0 bridgehead atoms. The molecule has 1 N–H and O–H groups in total. The number of nitrogens with one attached hydrogen (secondary N) is 1. The lowest BCUT2D eigenvalue weighted by molar-refractivity contribution is -0.112. The highest BCUT2D eigenvalue weighted by atomic mass is 16.5. The minimum Gasteiger partial charge on any atom is -0.491 e. The number of benzene rings is 3. The summed E-state index contributed by atoms with van der Waals surface area (Å²) >= 11 is 0. The van der Waals surface area contributed by atoms with Crippen LogP contribution in [0.4, 0.5) is 11.4 Å². The molecule has 0 radical (unpaired) electrons. The minimum atomic E-state index is -0.0542. The normalized spacial score (nSPS) is 15.4. The molecular weight excluding hydrogens is 586 g/mol. The second-order valence-corrected chi connectivity index (χ2v) is 12.5. The van der Waals surface area contributed by atoms with Crippen molar-refractivity contribution in [3.63, 3.8) is 0 Å². The van der Waals surface area contributed by atoms with Gasteiger partial charge < -0.3 is 24.4 Å². The fourth-order valence-electron chi connectivity index (χ4n) is 6.13. The van der Waals surface area contributed by atoms with E-state index >= 15 is 0 Å². The SMILES string of the molecule is C/C=C/CN1CCC(C(=O)Nc2ccc(CN(C)C3CCOCC3)cc2)=Cc2cc(-c3ccc(OCCOCCCC)cc3)ccc21. The maximum atomic E-state index is 13.6. The molecule has 7 nitrogen and oxygen atoms in total. The van der Waals surface area contributed by atoms with Crippen LogP contribution in [0.3, 0.4) is 0 Å². The number of nitrogens with zero attached hydrogens (tertiary/aromatic N) is 2. The molecule has 3 aromatic rings. The van der Waals surface area contributed by atoms with Gasteiger partial charge in [-0.1, -0.05) is 55.8 Å². The Balaban J connectivity index is 1.26. The van der Waals surface area contributed by atoms with Gasteiger partial charge in [-0.3, -0.25) is 9.69 Å². The predicted octanol–water partition coefficient (Wildman–Crippen LogP) is 7.97. The van der Waals surface area contributed by atoms with Gasteiger partial charge in [0.15, 0.2) is 0 Å². The molecular formula is C40H51N3O4. The van der Waals surface area contributed by atoms with Gasteiger partial charge in [-0.15, -0.1) is 0 Å². The number of rotatable bonds is 15. The van der Waals surface area contributed by atoms with Crippen LogP contribution in [0.1, 0.15) is 57.1 Å². The van der Waals surface area contributed by atoms with Crippen LogP contribution in [-0.2, 0) is 20.8 Å². The molecule has 1 saturated heterocycles. The largest absolute Gasteiger partial charge is 0.491 e. The van der Waals surface area contributed by atoms with Gasteiger partial charge in [0.05, 0.1) is 6.61 Å². The highest BCUT2D eigenvalue weighted by Gasteiger charge is 2.21. The van der Waals surface area contributed by atoms with Crippen molar-refractivity contribution in [3.05, 3.63) is 95.6 Å². The molecule has 0 aromatic heterocycles. The van der Waals surface area contributed by atoms with Crippen LogP contribution in [0.25, 0.3) is 17.2 Å². The van der Waals surface area contributed by atoms with Crippen molar-refractivity contribution in [2.75, 3.05) is 63.4 Å². The molecule has 0 aliphatic carbocycles. The summed E-state index contributed by atoms with van der Waals surface area (Å²) in [6, 6.07) is 23.5. The van der Waals surface area contributed by atoms with Gasteiger partial charge in [0.2, 0.25) is 0 Å². The molecule has 0 saturated carbocycles. The topological polar surface area (TPSA) is 63.3 Å². The molecule has 1 fully saturated rings. The number of anilines is 2. The fourth-order valence-corrected chi connectivity index (χ4v) is 6.13. The third-order valence-corrected chi connectivity index (χ3v) is 8.99. The summed E-state index contributed by atoms with van der Waals surface area (Å²) in [5.74, 6) is 0.778. The molecule has 2 heterocycles. The van der Waals surface area contributed by atoms with E-state index in [9.17, 15) is 4.79 Å². The van der Waals surface area contributed by atoms with Crippen LogP contribution in [0.15, 0.2) is 84.5 Å². The van der Waals surface area contributed by atoms with Crippen molar-refractivity contribution in [3.8, 4) is 16.9 Å². The van der Waals surface area contributed by atoms with Crippen molar-refractivity contribution in [2.24, 2.45) is 0 Å². The Morgan fingerprint density at radius 2 is 1.77 bits per heavy atom. The van der Waals surface area contributed by atoms with Gasteiger partial charge in [0.1, 0.15) is 12.4 Å². The number of fused-ring (bicyclic) bond motifs is 1. The lowest BCUT2D eigenvalue weighted by atomic mass is 10.00. The maximum Gasteiger partial charge on any atom is 0.251 e. The summed E-state index contributed by atoms with van der Waals surface area (Å²) in [7, 11) is 2.18. The first-order valence-corrected chi connectivity index (χ1v) is 17.2. The molecule has 1 amide bonds. The first-order chi connectivity index (χ1) is 23.0. The number of carbonyl (C=O) groups excluding carboxylic acids is 1. The van der Waals surface area contributed by atoms with E-state index < -0.39 is 0 Å². The number of hydrogen-bond acceptors (Lipinski definition) is 6. The third kappa shape index (κ3) is 10.0. The summed E-state index contributed by atoms with van der Waals surface area (Å²) < 4.78 is 17.0. The molecule has 2 aliphatic heterocycles. The van der Waals surface area contributed by atoms with Crippen molar-refractivity contribution in [2.45, 2.75) is 58.5 Å². The zero-order chi connectivity index (χ0) is 32.8. The standard InChI is InChI=1S/C40H51N3O4/c1-4-6-21-43-22-18-34(40(44)41-36-13-8-31(9-14-36)30-42(3)37-19-24-46-25-20-37)29-35-28-33(12-17-39(35)43)32-10-15-38(16-11-32)47-27-26-45-23-7-5-2/h4,6,8-17,28-29,37H,5,7,18-27,30H2,1-3H3,(H,41,44)/b6-4+. The molecule has 5 rings (SSSR count). The van der Waals surface area contributed by atoms with Gasteiger partial charge in [-0.25, -0.2) is 0 Å². The van der Waals surface area contributed by atoms with Gasteiger partial charge >= 0.3 is 0 Å². The molecule has 7 heteroatoms. The highest BCUT2D eigenvalue weighted by molar-refractivity contribution is 6.07. The molecule has 3 aromatic carbocycles. The number of amides is 1. The second kappa shape index (κ2) is 17.9. The summed E-state index contributed by atoms with van der Waals surface area (Å²) in [4.78, 5) is 18.4. The Hall–Kier alpha value is -3.91. The van der Waals surface area contributed by atoms with E-state index in [1.807, 2.05) is 31.2 Å². The lowest BCUT2D eigenvalue weighted by Gasteiger charge is -2.31. The molecule has 2 aliphatic rings. The van der Waals surface area contributed by atoms with Crippen molar-refractivity contribution >= 4 is 23.4 Å². The summed E-state index contributed by atoms with van der Waals surface area (Å²) in [5, 5.41) is 3.16. The lowest BCUT2D eigenvalue weighted by Crippen LogP contribution is -2.36. The number of carbonyl (C=O) groups is 1. The summed E-state index contributed by atoms with van der Waals surface area (Å²) in [6.07, 6.45) is 11.3. The molecule has 250 valence electrons. The van der Waals surface area contributed by atoms with Gasteiger partial charge in [0, 0.05) is 62.4 Å². The Bertz CT molecular complexity index is 1480. The summed E-state index contributed by atoms with van der Waals surface area (Å²) in [6.45, 7) is 10.2. The van der Waals surface area contributed by atoms with Gasteiger partial charge in [-0.2, -0.15) is 0 Å². The van der Waals surface area contributed by atoms with E-state index in [-0.39, 0.29) is 5.91 Å². The van der Waals surface area contributed by atoms with Crippen molar-refractivity contribution in [1.29, 1.82) is 0 Å². The highest BCUT2D eigenvalue weighted by Crippen LogP contribution is 2.33. The van der Waals surface area contributed by atoms with Crippen LogP contribution in [0.2, 0.25) is 0 Å². The zero-order valence-electron chi connectivity index (χ0n) is 28.4. The number of ether oxygens (including phenoxy) is 3. The van der Waals surface area contributed by atoms with Gasteiger partial charge in [0.25, 0.3) is 5.91 Å². The van der Waals surface area contributed by atoms with Crippen LogP contribution < -0.4 is 15.0 Å². The number of hydrogen-bond donors (Lipinski definition) is 1. The first kappa shape index (κ1) is 34.4. The quantitative estimate of drug-likeness (QED) is 0.135. The van der Waals surface area contributed by atoms with E-state index in [2.05, 4.69) is 89.8 Å². The number of allylic oxidation sites excluding steroid dienone is 1. The zero-order valence-corrected chi connectivity index (χ0v) is 28.4. The smallest absolute Gasteiger partial charge is 0.251 e. The van der Waals surface area contributed by atoms with E-state index in [1.165, 1.54) is 5.56 Å². The molecule has 0 atom stereocenters. The Labute approximate surface area is 281 Å². The van der Waals surface area contributed by atoms with E-state index in [0.717, 1.165) is 105 Å². The molecule has 0 spiro atoms. The first-order valence-electron chi connectivity index (χ1n) is 17.2. The minimum absolute atomic E-state index is 0.0542. The average molecular weight is 638 g/mol. The molecule has 47 heavy (non-hydrogen) atoms. The van der Waals surface area contributed by atoms with Crippen LogP contribution in [-0.4, -0.2) is 70.0 Å². The maximum absolute atomic E-state index is 13.6. The second-order valence-electron chi connectivity index (χ2n) is 12.5. The van der Waals surface area contributed by atoms with Crippen molar-refractivity contribution in [1.82, 2.24) is 4.90 Å². The van der Waals surface area contributed by atoms with Crippen LogP contribution >= 0.6 is 0 Å². The summed E-state index contributed by atoms with van der Waals surface area (Å²) in [5.41, 5.74) is 7.21. The average Bonchev–Trinajstić information content (AvgIpc) is 3.29. The Morgan fingerprint density at radius 3 is 2.51 bits per heavy atom.